The molecule has 4 aliphatic carbocycles. The minimum atomic E-state index is 0. The number of para-hydroxylation sites is 1. The summed E-state index contributed by atoms with van der Waals surface area (Å²) < 4.78 is 29.3. The van der Waals surface area contributed by atoms with Gasteiger partial charge in [-0.1, -0.05) is 24.3 Å². The summed E-state index contributed by atoms with van der Waals surface area (Å²) in [5.74, 6) is 4.55. The van der Waals surface area contributed by atoms with Gasteiger partial charge in [-0.3, -0.25) is 0 Å². The summed E-state index contributed by atoms with van der Waals surface area (Å²) in [6, 6.07) is 22.1. The lowest BCUT2D eigenvalue weighted by molar-refractivity contribution is -0.0188. The van der Waals surface area contributed by atoms with Crippen LogP contribution < -0.4 is 14.4 Å². The number of nitrogens with zero attached hydrogens (tertiary/aromatic N) is 1. The van der Waals surface area contributed by atoms with Gasteiger partial charge in [0.1, 0.15) is 11.5 Å². The van der Waals surface area contributed by atoms with Crippen molar-refractivity contribution in [3.8, 4) is 11.5 Å². The normalized spacial score (nSPS) is 27.7. The van der Waals surface area contributed by atoms with Crippen LogP contribution in [0.25, 0.3) is 10.8 Å². The van der Waals surface area contributed by atoms with E-state index < -0.39 is 0 Å². The van der Waals surface area contributed by atoms with E-state index in [9.17, 15) is 0 Å². The molecule has 1 saturated heterocycles. The van der Waals surface area contributed by atoms with E-state index in [1.54, 1.807) is 7.11 Å². The highest BCUT2D eigenvalue weighted by molar-refractivity contribution is 5.88. The van der Waals surface area contributed by atoms with E-state index in [0.29, 0.717) is 19.8 Å². The number of hydrogen-bond donors (Lipinski definition) is 0. The van der Waals surface area contributed by atoms with Crippen molar-refractivity contribution in [1.29, 1.82) is 0 Å². The standard InChI is InChI=1S/C36H45NO5.ClH/c1-38-13-14-40-25-42-35-20-29-7-8-31(37-10-12-39-24-32(37)9-11-41-33-5-3-2-4-6-33)18-30(29)19-34(35)36-21-26-15-27(22-36)17-28(16-26)23-36;/h2-8,18-20,26-28,32H,9-17,21-25H2,1H3;1H. The van der Waals surface area contributed by atoms with Gasteiger partial charge in [0, 0.05) is 31.3 Å². The number of rotatable bonds is 12. The maximum Gasteiger partial charge on any atom is 0.189 e. The number of methoxy groups -OCH3 is 1. The summed E-state index contributed by atoms with van der Waals surface area (Å²) in [6.07, 6.45) is 9.12. The Labute approximate surface area is 262 Å². The Morgan fingerprint density at radius 3 is 2.35 bits per heavy atom. The smallest absolute Gasteiger partial charge is 0.189 e. The summed E-state index contributed by atoms with van der Waals surface area (Å²) in [5.41, 5.74) is 2.91. The molecule has 5 aliphatic rings. The average Bonchev–Trinajstić information content (AvgIpc) is 3.00. The predicted octanol–water partition coefficient (Wildman–Crippen LogP) is 7.40. The van der Waals surface area contributed by atoms with Crippen LogP contribution in [-0.4, -0.2) is 59.5 Å². The van der Waals surface area contributed by atoms with Crippen LogP contribution in [0, 0.1) is 17.8 Å². The van der Waals surface area contributed by atoms with Crippen LogP contribution in [0.1, 0.15) is 50.5 Å². The van der Waals surface area contributed by atoms with Crippen molar-refractivity contribution in [3.05, 3.63) is 66.2 Å². The zero-order valence-electron chi connectivity index (χ0n) is 25.4. The van der Waals surface area contributed by atoms with Gasteiger partial charge in [0.05, 0.1) is 39.1 Å². The third-order valence-corrected chi connectivity index (χ3v) is 10.3. The molecule has 1 atom stereocenters. The number of anilines is 1. The van der Waals surface area contributed by atoms with Crippen molar-refractivity contribution < 1.29 is 23.7 Å². The first-order valence-corrected chi connectivity index (χ1v) is 16.0. The van der Waals surface area contributed by atoms with Crippen molar-refractivity contribution in [3.63, 3.8) is 0 Å². The van der Waals surface area contributed by atoms with Gasteiger partial charge in [0.25, 0.3) is 0 Å². The fourth-order valence-corrected chi connectivity index (χ4v) is 8.79. The van der Waals surface area contributed by atoms with E-state index in [4.69, 9.17) is 23.7 Å². The lowest BCUT2D eigenvalue weighted by atomic mass is 9.48. The number of halogens is 1. The number of fused-ring (bicyclic) bond motifs is 1. The Hall–Kier alpha value is -2.51. The van der Waals surface area contributed by atoms with Crippen LogP contribution in [0.3, 0.4) is 0 Å². The SMILES string of the molecule is COCCOCOc1cc2ccc(N3CCOCC3CCOc3ccccc3)cc2cc1C12CC3CC(CC(C3)C1)C2.Cl. The van der Waals surface area contributed by atoms with Crippen LogP contribution in [0.15, 0.2) is 60.7 Å². The van der Waals surface area contributed by atoms with Gasteiger partial charge in [-0.05, 0) is 109 Å². The summed E-state index contributed by atoms with van der Waals surface area (Å²) in [5, 5.41) is 2.52. The van der Waals surface area contributed by atoms with Gasteiger partial charge in [0.2, 0.25) is 0 Å². The number of morpholine rings is 1. The van der Waals surface area contributed by atoms with Gasteiger partial charge in [-0.25, -0.2) is 0 Å². The molecule has 4 bridgehead atoms. The minimum Gasteiger partial charge on any atom is -0.494 e. The quantitative estimate of drug-likeness (QED) is 0.158. The molecule has 43 heavy (non-hydrogen) atoms. The van der Waals surface area contributed by atoms with Gasteiger partial charge in [0.15, 0.2) is 6.79 Å². The van der Waals surface area contributed by atoms with Crippen LogP contribution >= 0.6 is 12.4 Å². The zero-order valence-corrected chi connectivity index (χ0v) is 26.2. The summed E-state index contributed by atoms with van der Waals surface area (Å²) in [4.78, 5) is 2.52. The number of benzene rings is 3. The maximum atomic E-state index is 6.41. The first-order chi connectivity index (χ1) is 20.7. The predicted molar refractivity (Wildman–Crippen MR) is 173 cm³/mol. The second-order valence-corrected chi connectivity index (χ2v) is 13.1. The van der Waals surface area contributed by atoms with Crippen molar-refractivity contribution in [2.45, 2.75) is 56.4 Å². The summed E-state index contributed by atoms with van der Waals surface area (Å²) in [7, 11) is 1.70. The van der Waals surface area contributed by atoms with E-state index >= 15 is 0 Å². The highest BCUT2D eigenvalue weighted by Gasteiger charge is 2.52. The second kappa shape index (κ2) is 13.6. The first-order valence-electron chi connectivity index (χ1n) is 16.0. The van der Waals surface area contributed by atoms with Gasteiger partial charge in [-0.15, -0.1) is 12.4 Å². The van der Waals surface area contributed by atoms with Crippen LogP contribution in [-0.2, 0) is 19.6 Å². The van der Waals surface area contributed by atoms with Crippen LogP contribution in [0.5, 0.6) is 11.5 Å². The molecule has 1 unspecified atom stereocenters. The van der Waals surface area contributed by atoms with Gasteiger partial charge < -0.3 is 28.6 Å². The van der Waals surface area contributed by atoms with E-state index in [0.717, 1.165) is 55.4 Å². The summed E-state index contributed by atoms with van der Waals surface area (Å²) in [6.45, 7) is 4.42. The third kappa shape index (κ3) is 6.63. The first kappa shape index (κ1) is 30.5. The fraction of sp³-hybridized carbons (Fsp3) is 0.556. The maximum absolute atomic E-state index is 6.41. The fourth-order valence-electron chi connectivity index (χ4n) is 8.79. The molecule has 5 fully saturated rings. The lowest BCUT2D eigenvalue weighted by Gasteiger charge is -2.57. The van der Waals surface area contributed by atoms with Crippen molar-refractivity contribution in [2.75, 3.05) is 58.4 Å². The van der Waals surface area contributed by atoms with E-state index in [2.05, 4.69) is 35.2 Å². The second-order valence-electron chi connectivity index (χ2n) is 13.1. The van der Waals surface area contributed by atoms with Crippen LogP contribution in [0.2, 0.25) is 0 Å². The molecule has 3 aromatic rings. The van der Waals surface area contributed by atoms with Gasteiger partial charge >= 0.3 is 0 Å². The molecule has 0 aromatic heterocycles. The Morgan fingerprint density at radius 1 is 0.837 bits per heavy atom. The third-order valence-electron chi connectivity index (χ3n) is 10.3. The molecule has 1 aliphatic heterocycles. The molecule has 6 nitrogen and oxygen atoms in total. The van der Waals surface area contributed by atoms with Crippen molar-refractivity contribution in [1.82, 2.24) is 0 Å². The van der Waals surface area contributed by atoms with Crippen LogP contribution in [0.4, 0.5) is 5.69 Å². The molecule has 0 radical (unpaired) electrons. The summed E-state index contributed by atoms with van der Waals surface area (Å²) >= 11 is 0. The molecule has 3 aromatic carbocycles. The number of ether oxygens (including phenoxy) is 5. The van der Waals surface area contributed by atoms with Crippen molar-refractivity contribution in [2.24, 2.45) is 17.8 Å². The Bertz CT molecular complexity index is 1310. The Kier molecular flexibility index (Phi) is 9.68. The highest BCUT2D eigenvalue weighted by Crippen LogP contribution is 2.62. The lowest BCUT2D eigenvalue weighted by Crippen LogP contribution is -2.48. The molecule has 1 heterocycles. The molecule has 8 rings (SSSR count). The molecule has 0 N–H and O–H groups in total. The zero-order chi connectivity index (χ0) is 28.4. The van der Waals surface area contributed by atoms with Gasteiger partial charge in [-0.2, -0.15) is 0 Å². The largest absolute Gasteiger partial charge is 0.494 e. The molecule has 232 valence electrons. The molecule has 0 amide bonds. The van der Waals surface area contributed by atoms with E-state index in [1.807, 2.05) is 30.3 Å². The van der Waals surface area contributed by atoms with Crippen molar-refractivity contribution >= 4 is 28.9 Å². The minimum absolute atomic E-state index is 0. The molecule has 0 spiro atoms. The Balaban J connectivity index is 0.00000329. The average molecular weight is 608 g/mol. The highest BCUT2D eigenvalue weighted by atomic mass is 35.5. The molecular formula is C36H46ClNO5. The Morgan fingerprint density at radius 2 is 1.60 bits per heavy atom. The monoisotopic (exact) mass is 607 g/mol. The molecule has 4 saturated carbocycles. The van der Waals surface area contributed by atoms with E-state index in [-0.39, 0.29) is 30.7 Å². The molecular weight excluding hydrogens is 562 g/mol. The number of hydrogen-bond acceptors (Lipinski definition) is 6. The molecule has 7 heteroatoms. The topological polar surface area (TPSA) is 49.4 Å². The van der Waals surface area contributed by atoms with E-state index in [1.165, 1.54) is 60.5 Å².